The van der Waals surface area contributed by atoms with Crippen LogP contribution in [0.15, 0.2) is 61.2 Å². The molecule has 2 unspecified atom stereocenters. The summed E-state index contributed by atoms with van der Waals surface area (Å²) in [6.07, 6.45) is 7.14. The first-order valence-corrected chi connectivity index (χ1v) is 11.0. The molecule has 1 aliphatic heterocycles. The van der Waals surface area contributed by atoms with Crippen molar-refractivity contribution in [3.05, 3.63) is 89.0 Å². The van der Waals surface area contributed by atoms with Gasteiger partial charge in [-0.15, -0.1) is 0 Å². The van der Waals surface area contributed by atoms with Crippen molar-refractivity contribution in [1.82, 2.24) is 9.55 Å². The van der Waals surface area contributed by atoms with Crippen LogP contribution in [0, 0.1) is 20.8 Å². The van der Waals surface area contributed by atoms with Gasteiger partial charge in [-0.3, -0.25) is 0 Å². The summed E-state index contributed by atoms with van der Waals surface area (Å²) >= 11 is 0. The zero-order valence-corrected chi connectivity index (χ0v) is 18.7. The lowest BCUT2D eigenvalue weighted by molar-refractivity contribution is -0.187. The normalized spacial score (nSPS) is 20.9. The molecule has 2 atom stereocenters. The molecule has 0 spiro atoms. The maximum absolute atomic E-state index is 6.47. The van der Waals surface area contributed by atoms with Gasteiger partial charge in [0.05, 0.1) is 32.7 Å². The molecule has 3 aromatic rings. The molecule has 1 aliphatic rings. The number of aromatic nitrogens is 2. The van der Waals surface area contributed by atoms with Crippen LogP contribution in [0.4, 0.5) is 0 Å². The number of benzene rings is 2. The predicted octanol–water partition coefficient (Wildman–Crippen LogP) is 4.77. The van der Waals surface area contributed by atoms with Crippen LogP contribution in [-0.4, -0.2) is 34.7 Å². The fraction of sp³-hybridized carbons (Fsp3) is 0.423. The van der Waals surface area contributed by atoms with Gasteiger partial charge >= 0.3 is 0 Å². The standard InChI is InChI=1S/C26H32N2O3/c1-20-7-9-23(10-8-20)11-12-26(18-28-14-13-27-19-28)30-16-24(31-26)15-29-17-25-21(2)5-4-6-22(25)3/h4-10,13-14,19,24H,11-12,15-18H2,1-3H3. The molecular formula is C26H32N2O3. The first-order chi connectivity index (χ1) is 15.0. The minimum atomic E-state index is -0.668. The maximum Gasteiger partial charge on any atom is 0.187 e. The zero-order chi connectivity index (χ0) is 21.7. The second kappa shape index (κ2) is 9.77. The molecule has 0 amide bonds. The van der Waals surface area contributed by atoms with Gasteiger partial charge in [-0.1, -0.05) is 48.0 Å². The molecule has 0 N–H and O–H groups in total. The fourth-order valence-electron chi connectivity index (χ4n) is 4.11. The molecule has 0 bridgehead atoms. The van der Waals surface area contributed by atoms with E-state index in [9.17, 15) is 0 Å². The SMILES string of the molecule is Cc1ccc(CCC2(Cn3ccnc3)OCC(COCc3c(C)cccc3C)O2)cc1. The number of aryl methyl sites for hydroxylation is 4. The molecule has 2 heterocycles. The Morgan fingerprint density at radius 3 is 2.58 bits per heavy atom. The van der Waals surface area contributed by atoms with E-state index in [1.807, 2.05) is 17.1 Å². The Hall–Kier alpha value is -2.47. The Morgan fingerprint density at radius 1 is 1.10 bits per heavy atom. The van der Waals surface area contributed by atoms with Crippen LogP contribution >= 0.6 is 0 Å². The number of imidazole rings is 1. The maximum atomic E-state index is 6.47. The smallest absolute Gasteiger partial charge is 0.187 e. The summed E-state index contributed by atoms with van der Waals surface area (Å²) in [5, 5.41) is 0. The van der Waals surface area contributed by atoms with Gasteiger partial charge in [-0.2, -0.15) is 0 Å². The number of hydrogen-bond donors (Lipinski definition) is 0. The second-order valence-electron chi connectivity index (χ2n) is 8.57. The van der Waals surface area contributed by atoms with Crippen LogP contribution in [0.2, 0.25) is 0 Å². The first kappa shape index (κ1) is 21.8. The third kappa shape index (κ3) is 5.62. The Labute approximate surface area is 185 Å². The zero-order valence-electron chi connectivity index (χ0n) is 18.7. The third-order valence-corrected chi connectivity index (χ3v) is 6.01. The molecule has 1 fully saturated rings. The molecule has 1 aromatic heterocycles. The molecule has 1 saturated heterocycles. The van der Waals surface area contributed by atoms with Gasteiger partial charge in [0.1, 0.15) is 6.10 Å². The van der Waals surface area contributed by atoms with Gasteiger partial charge < -0.3 is 18.8 Å². The average molecular weight is 421 g/mol. The summed E-state index contributed by atoms with van der Waals surface area (Å²) in [5.41, 5.74) is 6.33. The van der Waals surface area contributed by atoms with E-state index in [4.69, 9.17) is 14.2 Å². The quantitative estimate of drug-likeness (QED) is 0.500. The van der Waals surface area contributed by atoms with E-state index in [1.54, 1.807) is 6.20 Å². The van der Waals surface area contributed by atoms with E-state index in [0.29, 0.717) is 26.4 Å². The number of nitrogens with zero attached hydrogens (tertiary/aromatic N) is 2. The molecule has 0 radical (unpaired) electrons. The van der Waals surface area contributed by atoms with E-state index in [1.165, 1.54) is 27.8 Å². The molecule has 164 valence electrons. The second-order valence-corrected chi connectivity index (χ2v) is 8.57. The topological polar surface area (TPSA) is 45.5 Å². The molecule has 0 saturated carbocycles. The van der Waals surface area contributed by atoms with Crippen LogP contribution in [0.3, 0.4) is 0 Å². The summed E-state index contributed by atoms with van der Waals surface area (Å²) in [6.45, 7) is 8.63. The highest BCUT2D eigenvalue weighted by Crippen LogP contribution is 2.31. The van der Waals surface area contributed by atoms with E-state index in [0.717, 1.165) is 12.8 Å². The van der Waals surface area contributed by atoms with Crippen molar-refractivity contribution in [3.63, 3.8) is 0 Å². The minimum Gasteiger partial charge on any atom is -0.374 e. The summed E-state index contributed by atoms with van der Waals surface area (Å²) in [4.78, 5) is 4.17. The molecular weight excluding hydrogens is 388 g/mol. The van der Waals surface area contributed by atoms with Crippen molar-refractivity contribution in [3.8, 4) is 0 Å². The number of rotatable bonds is 9. The summed E-state index contributed by atoms with van der Waals surface area (Å²) in [6, 6.07) is 15.0. The van der Waals surface area contributed by atoms with Gasteiger partial charge in [0.2, 0.25) is 0 Å². The highest BCUT2D eigenvalue weighted by atomic mass is 16.8. The van der Waals surface area contributed by atoms with Gasteiger partial charge in [-0.25, -0.2) is 4.98 Å². The van der Waals surface area contributed by atoms with Crippen molar-refractivity contribution in [2.45, 2.75) is 58.7 Å². The molecule has 0 aliphatic carbocycles. The van der Waals surface area contributed by atoms with Crippen LogP contribution in [0.25, 0.3) is 0 Å². The first-order valence-electron chi connectivity index (χ1n) is 11.0. The molecule has 31 heavy (non-hydrogen) atoms. The monoisotopic (exact) mass is 420 g/mol. The van der Waals surface area contributed by atoms with Gasteiger partial charge in [-0.05, 0) is 49.4 Å². The lowest BCUT2D eigenvalue weighted by Gasteiger charge is -2.28. The van der Waals surface area contributed by atoms with E-state index in [2.05, 4.69) is 68.2 Å². The van der Waals surface area contributed by atoms with Gasteiger partial charge in [0.15, 0.2) is 5.79 Å². The highest BCUT2D eigenvalue weighted by molar-refractivity contribution is 5.32. The van der Waals surface area contributed by atoms with Crippen LogP contribution in [0.5, 0.6) is 0 Å². The summed E-state index contributed by atoms with van der Waals surface area (Å²) < 4.78 is 20.8. The Kier molecular flexibility index (Phi) is 6.86. The van der Waals surface area contributed by atoms with E-state index >= 15 is 0 Å². The molecule has 5 heteroatoms. The average Bonchev–Trinajstić information content (AvgIpc) is 3.41. The Bertz CT molecular complexity index is 949. The lowest BCUT2D eigenvalue weighted by atomic mass is 10.0. The largest absolute Gasteiger partial charge is 0.374 e. The molecule has 5 nitrogen and oxygen atoms in total. The van der Waals surface area contributed by atoms with Crippen molar-refractivity contribution in [1.29, 1.82) is 0 Å². The summed E-state index contributed by atoms with van der Waals surface area (Å²) in [7, 11) is 0. The van der Waals surface area contributed by atoms with Crippen LogP contribution in [0.1, 0.15) is 34.2 Å². The molecule has 2 aromatic carbocycles. The number of hydrogen-bond acceptors (Lipinski definition) is 4. The minimum absolute atomic E-state index is 0.0779. The van der Waals surface area contributed by atoms with E-state index in [-0.39, 0.29) is 6.10 Å². The van der Waals surface area contributed by atoms with Gasteiger partial charge in [0, 0.05) is 18.8 Å². The highest BCUT2D eigenvalue weighted by Gasteiger charge is 2.41. The van der Waals surface area contributed by atoms with Crippen molar-refractivity contribution < 1.29 is 14.2 Å². The third-order valence-electron chi connectivity index (χ3n) is 6.01. The van der Waals surface area contributed by atoms with Crippen LogP contribution < -0.4 is 0 Å². The van der Waals surface area contributed by atoms with Crippen molar-refractivity contribution >= 4 is 0 Å². The van der Waals surface area contributed by atoms with Crippen molar-refractivity contribution in [2.24, 2.45) is 0 Å². The van der Waals surface area contributed by atoms with Gasteiger partial charge in [0.25, 0.3) is 0 Å². The van der Waals surface area contributed by atoms with E-state index < -0.39 is 5.79 Å². The number of ether oxygens (including phenoxy) is 3. The van der Waals surface area contributed by atoms with Crippen molar-refractivity contribution in [2.75, 3.05) is 13.2 Å². The molecule has 4 rings (SSSR count). The Balaban J connectivity index is 1.37. The van der Waals surface area contributed by atoms with Crippen LogP contribution in [-0.2, 0) is 33.8 Å². The Morgan fingerprint density at radius 2 is 1.87 bits per heavy atom. The lowest BCUT2D eigenvalue weighted by Crippen LogP contribution is -2.37. The fourth-order valence-corrected chi connectivity index (χ4v) is 4.11. The summed E-state index contributed by atoms with van der Waals surface area (Å²) in [5.74, 6) is -0.668. The predicted molar refractivity (Wildman–Crippen MR) is 121 cm³/mol.